The number of ketones is 1. The van der Waals surface area contributed by atoms with Crippen LogP contribution >= 0.6 is 15.9 Å². The van der Waals surface area contributed by atoms with Crippen LogP contribution in [0.5, 0.6) is 11.5 Å². The van der Waals surface area contributed by atoms with Crippen LogP contribution < -0.4 is 4.74 Å². The Hall–Kier alpha value is -1.81. The van der Waals surface area contributed by atoms with Crippen LogP contribution in [0.25, 0.3) is 0 Å². The lowest BCUT2D eigenvalue weighted by atomic mass is 10.1. The van der Waals surface area contributed by atoms with Crippen LogP contribution in [0.1, 0.15) is 22.8 Å². The van der Waals surface area contributed by atoms with Gasteiger partial charge in [-0.25, -0.2) is 0 Å². The third kappa shape index (κ3) is 3.58. The minimum atomic E-state index is 0.0111. The van der Waals surface area contributed by atoms with Crippen molar-refractivity contribution in [3.05, 3.63) is 58.1 Å². The molecule has 0 saturated heterocycles. The molecule has 0 aliphatic rings. The standard InChI is InChI=1S/C15H13BrO3/c1-10(17)14-7-6-13(8-15(14)16)19-9-11-2-4-12(18)5-3-11/h2-8,18H,9H2,1H3. The molecule has 1 N–H and O–H groups in total. The van der Waals surface area contributed by atoms with Gasteiger partial charge in [0, 0.05) is 10.0 Å². The van der Waals surface area contributed by atoms with Gasteiger partial charge in [0.1, 0.15) is 18.1 Å². The van der Waals surface area contributed by atoms with E-state index in [1.807, 2.05) is 0 Å². The first kappa shape index (κ1) is 13.6. The number of hydrogen-bond acceptors (Lipinski definition) is 3. The molecule has 0 amide bonds. The fourth-order valence-corrected chi connectivity index (χ4v) is 2.27. The summed E-state index contributed by atoms with van der Waals surface area (Å²) in [6.07, 6.45) is 0. The van der Waals surface area contributed by atoms with Crippen LogP contribution in [0.4, 0.5) is 0 Å². The molecule has 0 unspecified atom stereocenters. The van der Waals surface area contributed by atoms with E-state index in [0.29, 0.717) is 17.9 Å². The largest absolute Gasteiger partial charge is 0.508 e. The predicted molar refractivity (Wildman–Crippen MR) is 76.6 cm³/mol. The number of Topliss-reactive ketones (excluding diaryl/α,β-unsaturated/α-hetero) is 1. The van der Waals surface area contributed by atoms with E-state index < -0.39 is 0 Å². The maximum absolute atomic E-state index is 11.3. The summed E-state index contributed by atoms with van der Waals surface area (Å²) in [5, 5.41) is 9.18. The number of rotatable bonds is 4. The van der Waals surface area contributed by atoms with Crippen molar-refractivity contribution >= 4 is 21.7 Å². The second kappa shape index (κ2) is 5.89. The van der Waals surface area contributed by atoms with Crippen molar-refractivity contribution in [1.29, 1.82) is 0 Å². The van der Waals surface area contributed by atoms with E-state index in [-0.39, 0.29) is 11.5 Å². The van der Waals surface area contributed by atoms with Crippen LogP contribution in [0, 0.1) is 0 Å². The van der Waals surface area contributed by atoms with Crippen LogP contribution in [0.2, 0.25) is 0 Å². The summed E-state index contributed by atoms with van der Waals surface area (Å²) in [5.41, 5.74) is 1.60. The summed E-state index contributed by atoms with van der Waals surface area (Å²) in [4.78, 5) is 11.3. The Kier molecular flexibility index (Phi) is 4.22. The number of carbonyl (C=O) groups is 1. The number of hydrogen-bond donors (Lipinski definition) is 1. The van der Waals surface area contributed by atoms with E-state index in [0.717, 1.165) is 10.0 Å². The summed E-state index contributed by atoms with van der Waals surface area (Å²) in [6, 6.07) is 12.1. The molecule has 0 radical (unpaired) electrons. The molecule has 4 heteroatoms. The molecular weight excluding hydrogens is 308 g/mol. The molecule has 3 nitrogen and oxygen atoms in total. The van der Waals surface area contributed by atoms with Crippen molar-refractivity contribution in [2.45, 2.75) is 13.5 Å². The summed E-state index contributed by atoms with van der Waals surface area (Å²) in [5.74, 6) is 0.930. The zero-order valence-corrected chi connectivity index (χ0v) is 12.0. The van der Waals surface area contributed by atoms with Crippen molar-refractivity contribution in [2.24, 2.45) is 0 Å². The van der Waals surface area contributed by atoms with E-state index in [4.69, 9.17) is 4.74 Å². The van der Waals surface area contributed by atoms with Crippen molar-refractivity contribution in [1.82, 2.24) is 0 Å². The van der Waals surface area contributed by atoms with Crippen molar-refractivity contribution in [2.75, 3.05) is 0 Å². The normalized spacial score (nSPS) is 10.2. The smallest absolute Gasteiger partial charge is 0.160 e. The molecule has 0 saturated carbocycles. The molecule has 0 atom stereocenters. The van der Waals surface area contributed by atoms with Crippen LogP contribution in [0.3, 0.4) is 0 Å². The monoisotopic (exact) mass is 320 g/mol. The van der Waals surface area contributed by atoms with Gasteiger partial charge >= 0.3 is 0 Å². The molecule has 2 aromatic carbocycles. The molecule has 0 aliphatic carbocycles. The van der Waals surface area contributed by atoms with Gasteiger partial charge in [-0.15, -0.1) is 0 Å². The topological polar surface area (TPSA) is 46.5 Å². The second-order valence-corrected chi connectivity index (χ2v) is 5.01. The molecular formula is C15H13BrO3. The van der Waals surface area contributed by atoms with Crippen LogP contribution in [-0.4, -0.2) is 10.9 Å². The van der Waals surface area contributed by atoms with Gasteiger partial charge in [-0.3, -0.25) is 4.79 Å². The van der Waals surface area contributed by atoms with Gasteiger partial charge in [-0.05, 0) is 58.7 Å². The molecule has 19 heavy (non-hydrogen) atoms. The maximum atomic E-state index is 11.3. The number of carbonyl (C=O) groups excluding carboxylic acids is 1. The fourth-order valence-electron chi connectivity index (χ4n) is 1.63. The molecule has 0 heterocycles. The first-order valence-corrected chi connectivity index (χ1v) is 6.57. The van der Waals surface area contributed by atoms with Gasteiger partial charge in [-0.2, -0.15) is 0 Å². The Morgan fingerprint density at radius 3 is 2.47 bits per heavy atom. The van der Waals surface area contributed by atoms with Gasteiger partial charge < -0.3 is 9.84 Å². The Bertz CT molecular complexity index is 591. The number of aromatic hydroxyl groups is 1. The van der Waals surface area contributed by atoms with Gasteiger partial charge in [0.15, 0.2) is 5.78 Å². The summed E-state index contributed by atoms with van der Waals surface area (Å²) in [6.45, 7) is 1.93. The number of halogens is 1. The van der Waals surface area contributed by atoms with E-state index in [2.05, 4.69) is 15.9 Å². The molecule has 0 spiro atoms. The average Bonchev–Trinajstić information content (AvgIpc) is 2.37. The number of ether oxygens (including phenoxy) is 1. The lowest BCUT2D eigenvalue weighted by Crippen LogP contribution is -1.97. The van der Waals surface area contributed by atoms with Crippen LogP contribution in [0.15, 0.2) is 46.9 Å². The Balaban J connectivity index is 2.06. The molecule has 98 valence electrons. The number of phenols is 1. The molecule has 0 aromatic heterocycles. The Morgan fingerprint density at radius 2 is 1.89 bits per heavy atom. The highest BCUT2D eigenvalue weighted by molar-refractivity contribution is 9.10. The quantitative estimate of drug-likeness (QED) is 0.868. The highest BCUT2D eigenvalue weighted by atomic mass is 79.9. The summed E-state index contributed by atoms with van der Waals surface area (Å²) in [7, 11) is 0. The van der Waals surface area contributed by atoms with E-state index in [1.165, 1.54) is 6.92 Å². The SMILES string of the molecule is CC(=O)c1ccc(OCc2ccc(O)cc2)cc1Br. The maximum Gasteiger partial charge on any atom is 0.160 e. The first-order valence-electron chi connectivity index (χ1n) is 5.77. The van der Waals surface area contributed by atoms with Gasteiger partial charge in [0.05, 0.1) is 0 Å². The second-order valence-electron chi connectivity index (χ2n) is 4.15. The minimum Gasteiger partial charge on any atom is -0.508 e. The van der Waals surface area contributed by atoms with Crippen molar-refractivity contribution < 1.29 is 14.6 Å². The van der Waals surface area contributed by atoms with Gasteiger partial charge in [-0.1, -0.05) is 12.1 Å². The summed E-state index contributed by atoms with van der Waals surface area (Å²) < 4.78 is 6.35. The molecule has 0 aliphatic heterocycles. The fraction of sp³-hybridized carbons (Fsp3) is 0.133. The first-order chi connectivity index (χ1) is 9.06. The zero-order valence-electron chi connectivity index (χ0n) is 10.4. The lowest BCUT2D eigenvalue weighted by Gasteiger charge is -2.08. The van der Waals surface area contributed by atoms with E-state index in [9.17, 15) is 9.90 Å². The Morgan fingerprint density at radius 1 is 1.21 bits per heavy atom. The van der Waals surface area contributed by atoms with Gasteiger partial charge in [0.25, 0.3) is 0 Å². The Labute approximate surface area is 120 Å². The highest BCUT2D eigenvalue weighted by Gasteiger charge is 2.06. The molecule has 2 rings (SSSR count). The van der Waals surface area contributed by atoms with Crippen molar-refractivity contribution in [3.63, 3.8) is 0 Å². The molecule has 2 aromatic rings. The average molecular weight is 321 g/mol. The lowest BCUT2D eigenvalue weighted by molar-refractivity contribution is 0.101. The number of phenolic OH excluding ortho intramolecular Hbond substituents is 1. The van der Waals surface area contributed by atoms with Crippen molar-refractivity contribution in [3.8, 4) is 11.5 Å². The zero-order chi connectivity index (χ0) is 13.8. The summed E-state index contributed by atoms with van der Waals surface area (Å²) >= 11 is 3.35. The minimum absolute atomic E-state index is 0.0111. The van der Waals surface area contributed by atoms with Crippen LogP contribution in [-0.2, 0) is 6.61 Å². The van der Waals surface area contributed by atoms with E-state index >= 15 is 0 Å². The van der Waals surface area contributed by atoms with Gasteiger partial charge in [0.2, 0.25) is 0 Å². The number of benzene rings is 2. The molecule has 0 fully saturated rings. The van der Waals surface area contributed by atoms with E-state index in [1.54, 1.807) is 42.5 Å². The predicted octanol–water partition coefficient (Wildman–Crippen LogP) is 3.94. The third-order valence-corrected chi connectivity index (χ3v) is 3.32. The third-order valence-electron chi connectivity index (χ3n) is 2.66. The molecule has 0 bridgehead atoms. The highest BCUT2D eigenvalue weighted by Crippen LogP contribution is 2.24.